The van der Waals surface area contributed by atoms with Gasteiger partial charge in [-0.05, 0) is 56.2 Å². The Morgan fingerprint density at radius 2 is 1.74 bits per heavy atom. The molecule has 186 valence electrons. The summed E-state index contributed by atoms with van der Waals surface area (Å²) >= 11 is 0. The van der Waals surface area contributed by atoms with Gasteiger partial charge in [-0.25, -0.2) is 9.78 Å². The normalized spacial score (nSPS) is 15.2. The molecule has 0 saturated carbocycles. The maximum absolute atomic E-state index is 13.3. The predicted octanol–water partition coefficient (Wildman–Crippen LogP) is 4.51. The number of para-hydroxylation sites is 1. The zero-order valence-corrected chi connectivity index (χ0v) is 20.9. The lowest BCUT2D eigenvalue weighted by Crippen LogP contribution is -2.51. The Morgan fingerprint density at radius 3 is 2.40 bits per heavy atom. The maximum Gasteiger partial charge on any atom is 0.321 e. The number of hydrogen-bond donors (Lipinski definition) is 1. The van der Waals surface area contributed by atoms with Gasteiger partial charge >= 0.3 is 6.03 Å². The summed E-state index contributed by atoms with van der Waals surface area (Å²) in [4.78, 5) is 35.2. The van der Waals surface area contributed by atoms with Gasteiger partial charge in [-0.15, -0.1) is 0 Å². The minimum atomic E-state index is -0.103. The summed E-state index contributed by atoms with van der Waals surface area (Å²) in [5, 5.41) is 3.64. The van der Waals surface area contributed by atoms with E-state index in [2.05, 4.69) is 24.1 Å². The summed E-state index contributed by atoms with van der Waals surface area (Å²) in [5.41, 5.74) is 1.52. The average molecular weight is 478 g/mol. The van der Waals surface area contributed by atoms with E-state index in [4.69, 9.17) is 9.72 Å². The van der Waals surface area contributed by atoms with Gasteiger partial charge in [0.15, 0.2) is 0 Å². The number of nitrogens with one attached hydrogen (secondary N) is 1. The molecule has 2 amide bonds. The number of anilines is 1. The number of nitrogens with zero attached hydrogens (tertiary/aromatic N) is 4. The highest BCUT2D eigenvalue weighted by atomic mass is 16.5. The van der Waals surface area contributed by atoms with E-state index in [0.29, 0.717) is 31.6 Å². The first-order chi connectivity index (χ1) is 17.0. The molecule has 1 aliphatic heterocycles. The SMILES string of the molecule is CCCn1c(C(CC)N2CCN(C(=O)Nc3ccc(OCC)cc3)CC2)nc2ccccc2c1=O. The number of benzene rings is 2. The van der Waals surface area contributed by atoms with E-state index < -0.39 is 0 Å². The number of fused-ring (bicyclic) bond motifs is 1. The fourth-order valence-corrected chi connectivity index (χ4v) is 4.72. The molecule has 0 aliphatic carbocycles. The summed E-state index contributed by atoms with van der Waals surface area (Å²) in [6, 6.07) is 14.9. The number of carbonyl (C=O) groups excluding carboxylic acids is 1. The Balaban J connectivity index is 1.46. The third-order valence-corrected chi connectivity index (χ3v) is 6.48. The number of piperazine rings is 1. The van der Waals surface area contributed by atoms with Gasteiger partial charge in [0.25, 0.3) is 5.56 Å². The third-order valence-electron chi connectivity index (χ3n) is 6.48. The number of rotatable bonds is 8. The molecule has 0 spiro atoms. The molecule has 3 aromatic rings. The zero-order valence-electron chi connectivity index (χ0n) is 20.9. The number of hydrogen-bond acceptors (Lipinski definition) is 5. The lowest BCUT2D eigenvalue weighted by Gasteiger charge is -2.39. The van der Waals surface area contributed by atoms with E-state index in [-0.39, 0.29) is 17.6 Å². The third kappa shape index (κ3) is 5.48. The summed E-state index contributed by atoms with van der Waals surface area (Å²) in [5.74, 6) is 1.61. The first-order valence-corrected chi connectivity index (χ1v) is 12.6. The van der Waals surface area contributed by atoms with Crippen molar-refractivity contribution >= 4 is 22.6 Å². The van der Waals surface area contributed by atoms with Crippen LogP contribution in [0.4, 0.5) is 10.5 Å². The van der Waals surface area contributed by atoms with Crippen LogP contribution in [0, 0.1) is 0 Å². The molecule has 35 heavy (non-hydrogen) atoms. The summed E-state index contributed by atoms with van der Waals surface area (Å²) in [6.07, 6.45) is 1.70. The quantitative estimate of drug-likeness (QED) is 0.517. The Morgan fingerprint density at radius 1 is 1.03 bits per heavy atom. The lowest BCUT2D eigenvalue weighted by molar-refractivity contribution is 0.105. The maximum atomic E-state index is 13.3. The molecule has 0 bridgehead atoms. The molecule has 1 fully saturated rings. The van der Waals surface area contributed by atoms with E-state index in [0.717, 1.165) is 48.7 Å². The molecule has 1 aliphatic rings. The van der Waals surface area contributed by atoms with Crippen LogP contribution < -0.4 is 15.6 Å². The van der Waals surface area contributed by atoms with E-state index in [1.54, 1.807) is 0 Å². The number of amides is 2. The van der Waals surface area contributed by atoms with Gasteiger partial charge in [0.2, 0.25) is 0 Å². The van der Waals surface area contributed by atoms with Gasteiger partial charge in [-0.2, -0.15) is 0 Å². The molecule has 2 aromatic carbocycles. The first-order valence-electron chi connectivity index (χ1n) is 12.6. The molecule has 4 rings (SSSR count). The molecule has 1 unspecified atom stereocenters. The minimum absolute atomic E-state index is 0.0233. The van der Waals surface area contributed by atoms with Gasteiger partial charge in [-0.1, -0.05) is 26.0 Å². The molecule has 8 nitrogen and oxygen atoms in total. The summed E-state index contributed by atoms with van der Waals surface area (Å²) in [7, 11) is 0. The fourth-order valence-electron chi connectivity index (χ4n) is 4.72. The van der Waals surface area contributed by atoms with E-state index >= 15 is 0 Å². The zero-order chi connectivity index (χ0) is 24.8. The topological polar surface area (TPSA) is 79.7 Å². The van der Waals surface area contributed by atoms with Crippen molar-refractivity contribution in [3.63, 3.8) is 0 Å². The smallest absolute Gasteiger partial charge is 0.321 e. The molecule has 0 radical (unpaired) electrons. The van der Waals surface area contributed by atoms with Crippen molar-refractivity contribution < 1.29 is 9.53 Å². The Labute approximate surface area is 206 Å². The van der Waals surface area contributed by atoms with Gasteiger partial charge in [-0.3, -0.25) is 14.3 Å². The fraction of sp³-hybridized carbons (Fsp3) is 0.444. The predicted molar refractivity (Wildman–Crippen MR) is 139 cm³/mol. The van der Waals surface area contributed by atoms with Gasteiger partial charge < -0.3 is 15.0 Å². The second kappa shape index (κ2) is 11.4. The van der Waals surface area contributed by atoms with Crippen LogP contribution in [-0.2, 0) is 6.54 Å². The molecule has 8 heteroatoms. The van der Waals surface area contributed by atoms with Crippen LogP contribution in [0.5, 0.6) is 5.75 Å². The van der Waals surface area contributed by atoms with Crippen LogP contribution >= 0.6 is 0 Å². The van der Waals surface area contributed by atoms with Crippen LogP contribution in [0.25, 0.3) is 10.9 Å². The molecule has 1 saturated heterocycles. The summed E-state index contributed by atoms with van der Waals surface area (Å²) < 4.78 is 7.31. The summed E-state index contributed by atoms with van der Waals surface area (Å²) in [6.45, 7) is 10.1. The van der Waals surface area contributed by atoms with Crippen molar-refractivity contribution in [2.45, 2.75) is 46.2 Å². The number of urea groups is 1. The highest BCUT2D eigenvalue weighted by Gasteiger charge is 2.29. The van der Waals surface area contributed by atoms with E-state index in [1.165, 1.54) is 0 Å². The second-order valence-electron chi connectivity index (χ2n) is 8.78. The van der Waals surface area contributed by atoms with Gasteiger partial charge in [0, 0.05) is 38.4 Å². The Kier molecular flexibility index (Phi) is 8.02. The standard InChI is InChI=1S/C27H35N5O3/c1-4-15-32-25(29-23-10-8-7-9-22(23)26(32)33)24(5-2)30-16-18-31(19-17-30)27(34)28-20-11-13-21(14-12-20)35-6-3/h7-14,24H,4-6,15-19H2,1-3H3,(H,28,34). The Bertz CT molecular complexity index is 1200. The largest absolute Gasteiger partial charge is 0.494 e. The minimum Gasteiger partial charge on any atom is -0.494 e. The van der Waals surface area contributed by atoms with Crippen molar-refractivity contribution in [3.05, 3.63) is 64.7 Å². The number of ether oxygens (including phenoxy) is 1. The van der Waals surface area contributed by atoms with Crippen LogP contribution in [0.1, 0.15) is 45.5 Å². The highest BCUT2D eigenvalue weighted by molar-refractivity contribution is 5.89. The lowest BCUT2D eigenvalue weighted by atomic mass is 10.1. The number of aromatic nitrogens is 2. The molecular formula is C27H35N5O3. The average Bonchev–Trinajstić information content (AvgIpc) is 2.88. The van der Waals surface area contributed by atoms with Gasteiger partial charge in [0.05, 0.1) is 23.6 Å². The molecule has 1 aromatic heterocycles. The molecule has 1 atom stereocenters. The van der Waals surface area contributed by atoms with Crippen molar-refractivity contribution in [2.24, 2.45) is 0 Å². The van der Waals surface area contributed by atoms with Crippen molar-refractivity contribution in [3.8, 4) is 5.75 Å². The van der Waals surface area contributed by atoms with Crippen LogP contribution in [0.2, 0.25) is 0 Å². The van der Waals surface area contributed by atoms with Crippen LogP contribution in [0.3, 0.4) is 0 Å². The van der Waals surface area contributed by atoms with Crippen LogP contribution in [0.15, 0.2) is 53.3 Å². The van der Waals surface area contributed by atoms with E-state index in [1.807, 2.05) is 64.9 Å². The highest BCUT2D eigenvalue weighted by Crippen LogP contribution is 2.25. The molecule has 2 heterocycles. The molecular weight excluding hydrogens is 442 g/mol. The van der Waals surface area contributed by atoms with Gasteiger partial charge in [0.1, 0.15) is 11.6 Å². The van der Waals surface area contributed by atoms with Crippen molar-refractivity contribution in [1.29, 1.82) is 0 Å². The second-order valence-corrected chi connectivity index (χ2v) is 8.78. The number of carbonyl (C=O) groups is 1. The van der Waals surface area contributed by atoms with E-state index in [9.17, 15) is 9.59 Å². The molecule has 1 N–H and O–H groups in total. The first kappa shape index (κ1) is 24.7. The van der Waals surface area contributed by atoms with Crippen molar-refractivity contribution in [1.82, 2.24) is 19.4 Å². The Hall–Kier alpha value is -3.39. The van der Waals surface area contributed by atoms with Crippen LogP contribution in [-0.4, -0.2) is 58.2 Å². The van der Waals surface area contributed by atoms with Crippen molar-refractivity contribution in [2.75, 3.05) is 38.1 Å². The monoisotopic (exact) mass is 477 g/mol.